The van der Waals surface area contributed by atoms with Gasteiger partial charge in [0.15, 0.2) is 0 Å². The van der Waals surface area contributed by atoms with Gasteiger partial charge in [0, 0.05) is 30.1 Å². The van der Waals surface area contributed by atoms with Gasteiger partial charge in [-0.05, 0) is 37.1 Å². The smallest absolute Gasteiger partial charge is 0.294 e. The number of piperidine rings is 1. The highest BCUT2D eigenvalue weighted by Crippen LogP contribution is 2.35. The number of nitrogens with zero attached hydrogens (tertiary/aromatic N) is 3. The monoisotopic (exact) mass is 356 g/mol. The summed E-state index contributed by atoms with van der Waals surface area (Å²) in [6, 6.07) is 12.9. The molecule has 0 saturated carbocycles. The van der Waals surface area contributed by atoms with Gasteiger partial charge in [-0.1, -0.05) is 23.7 Å². The molecule has 6 nitrogen and oxygen atoms in total. The first-order valence-corrected chi connectivity index (χ1v) is 8.63. The van der Waals surface area contributed by atoms with Crippen molar-refractivity contribution in [3.05, 3.63) is 63.4 Å². The molecule has 1 fully saturated rings. The van der Waals surface area contributed by atoms with Crippen molar-refractivity contribution in [2.75, 3.05) is 18.0 Å². The van der Waals surface area contributed by atoms with Crippen LogP contribution in [0.1, 0.15) is 24.6 Å². The van der Waals surface area contributed by atoms with Crippen molar-refractivity contribution < 1.29 is 4.92 Å². The van der Waals surface area contributed by atoms with E-state index in [0.717, 1.165) is 42.8 Å². The Balaban J connectivity index is 1.53. The summed E-state index contributed by atoms with van der Waals surface area (Å²) in [7, 11) is 0. The summed E-state index contributed by atoms with van der Waals surface area (Å²) in [6.07, 6.45) is 1.80. The van der Waals surface area contributed by atoms with Crippen LogP contribution in [0, 0.1) is 10.1 Å². The summed E-state index contributed by atoms with van der Waals surface area (Å²) >= 11 is 5.91. The molecule has 0 amide bonds. The SMILES string of the molecule is O=[N+]([O-])c1cc(Cl)ccc1N1CCC(c2nc3ccccc3[nH]2)CC1. The number of hydrogen-bond donors (Lipinski definition) is 1. The molecule has 2 aromatic carbocycles. The molecule has 0 atom stereocenters. The number of aromatic nitrogens is 2. The summed E-state index contributed by atoms with van der Waals surface area (Å²) in [5.74, 6) is 1.35. The van der Waals surface area contributed by atoms with Crippen LogP contribution in [-0.2, 0) is 0 Å². The highest BCUT2D eigenvalue weighted by molar-refractivity contribution is 6.30. The number of nitrogens with one attached hydrogen (secondary N) is 1. The number of para-hydroxylation sites is 2. The van der Waals surface area contributed by atoms with Crippen LogP contribution in [0.5, 0.6) is 0 Å². The average molecular weight is 357 g/mol. The summed E-state index contributed by atoms with van der Waals surface area (Å²) in [5.41, 5.74) is 2.73. The Kier molecular flexibility index (Phi) is 4.05. The van der Waals surface area contributed by atoms with Crippen molar-refractivity contribution in [3.8, 4) is 0 Å². The molecule has 1 saturated heterocycles. The molecule has 1 N–H and O–H groups in total. The van der Waals surface area contributed by atoms with Crippen LogP contribution >= 0.6 is 11.6 Å². The van der Waals surface area contributed by atoms with Crippen LogP contribution in [-0.4, -0.2) is 28.0 Å². The minimum Gasteiger partial charge on any atom is -0.366 e. The Morgan fingerprint density at radius 2 is 1.96 bits per heavy atom. The van der Waals surface area contributed by atoms with Crippen LogP contribution in [0.15, 0.2) is 42.5 Å². The lowest BCUT2D eigenvalue weighted by molar-refractivity contribution is -0.384. The maximum absolute atomic E-state index is 11.3. The van der Waals surface area contributed by atoms with E-state index in [9.17, 15) is 10.1 Å². The second kappa shape index (κ2) is 6.37. The third-order valence-electron chi connectivity index (χ3n) is 4.76. The van der Waals surface area contributed by atoms with Crippen LogP contribution in [0.2, 0.25) is 5.02 Å². The molecule has 2 heterocycles. The summed E-state index contributed by atoms with van der Waals surface area (Å²) in [4.78, 5) is 21.1. The van der Waals surface area contributed by atoms with E-state index < -0.39 is 0 Å². The highest BCUT2D eigenvalue weighted by Gasteiger charge is 2.27. The lowest BCUT2D eigenvalue weighted by Gasteiger charge is -2.32. The number of nitro groups is 1. The zero-order valence-electron chi connectivity index (χ0n) is 13.5. The predicted octanol–water partition coefficient (Wildman–Crippen LogP) is 4.51. The van der Waals surface area contributed by atoms with Gasteiger partial charge >= 0.3 is 0 Å². The zero-order valence-corrected chi connectivity index (χ0v) is 14.2. The quantitative estimate of drug-likeness (QED) is 0.553. The van der Waals surface area contributed by atoms with Gasteiger partial charge in [-0.25, -0.2) is 4.98 Å². The van der Waals surface area contributed by atoms with E-state index in [1.807, 2.05) is 24.3 Å². The second-order valence-corrected chi connectivity index (χ2v) is 6.73. The maximum atomic E-state index is 11.3. The molecule has 25 heavy (non-hydrogen) atoms. The third kappa shape index (κ3) is 3.05. The lowest BCUT2D eigenvalue weighted by Crippen LogP contribution is -2.33. The van der Waals surface area contributed by atoms with Gasteiger partial charge in [-0.2, -0.15) is 0 Å². The molecule has 0 aliphatic carbocycles. The fourth-order valence-corrected chi connectivity index (χ4v) is 3.64. The maximum Gasteiger partial charge on any atom is 0.294 e. The predicted molar refractivity (Wildman–Crippen MR) is 98.4 cm³/mol. The average Bonchev–Trinajstić information content (AvgIpc) is 3.06. The van der Waals surface area contributed by atoms with Crippen LogP contribution < -0.4 is 4.90 Å². The highest BCUT2D eigenvalue weighted by atomic mass is 35.5. The van der Waals surface area contributed by atoms with E-state index in [0.29, 0.717) is 16.6 Å². The number of aromatic amines is 1. The van der Waals surface area contributed by atoms with Gasteiger partial charge in [-0.3, -0.25) is 10.1 Å². The number of rotatable bonds is 3. The normalized spacial score (nSPS) is 15.6. The number of anilines is 1. The van der Waals surface area contributed by atoms with E-state index >= 15 is 0 Å². The summed E-state index contributed by atoms with van der Waals surface area (Å²) in [6.45, 7) is 1.51. The number of hydrogen-bond acceptors (Lipinski definition) is 4. The topological polar surface area (TPSA) is 75.1 Å². The van der Waals surface area contributed by atoms with Crippen LogP contribution in [0.3, 0.4) is 0 Å². The molecule has 1 aromatic heterocycles. The van der Waals surface area contributed by atoms with E-state index in [4.69, 9.17) is 16.6 Å². The molecule has 0 bridgehead atoms. The number of benzene rings is 2. The Morgan fingerprint density at radius 1 is 1.20 bits per heavy atom. The standard InChI is InChI=1S/C18H17ClN4O2/c19-13-5-6-16(17(11-13)23(24)25)22-9-7-12(8-10-22)18-20-14-3-1-2-4-15(14)21-18/h1-6,11-12H,7-10H2,(H,20,21). The van der Waals surface area contributed by atoms with Crippen molar-refractivity contribution in [2.24, 2.45) is 0 Å². The zero-order chi connectivity index (χ0) is 17.4. The Labute approximate surface area is 149 Å². The Hall–Kier alpha value is -2.60. The molecule has 128 valence electrons. The number of imidazole rings is 1. The molecule has 4 rings (SSSR count). The van der Waals surface area contributed by atoms with Gasteiger partial charge in [0.2, 0.25) is 0 Å². The molecule has 7 heteroatoms. The Morgan fingerprint density at radius 3 is 2.68 bits per heavy atom. The third-order valence-corrected chi connectivity index (χ3v) is 5.00. The molecular formula is C18H17ClN4O2. The fourth-order valence-electron chi connectivity index (χ4n) is 3.47. The van der Waals surface area contributed by atoms with E-state index in [1.54, 1.807) is 12.1 Å². The Bertz CT molecular complexity index is 899. The van der Waals surface area contributed by atoms with Crippen molar-refractivity contribution >= 4 is 34.0 Å². The van der Waals surface area contributed by atoms with Gasteiger partial charge in [0.1, 0.15) is 11.5 Å². The van der Waals surface area contributed by atoms with Gasteiger partial charge in [0.25, 0.3) is 5.69 Å². The van der Waals surface area contributed by atoms with Crippen molar-refractivity contribution in [2.45, 2.75) is 18.8 Å². The van der Waals surface area contributed by atoms with Gasteiger partial charge < -0.3 is 9.88 Å². The molecule has 0 radical (unpaired) electrons. The number of nitro benzene ring substituents is 1. The van der Waals surface area contributed by atoms with Crippen LogP contribution in [0.4, 0.5) is 11.4 Å². The molecule has 0 spiro atoms. The van der Waals surface area contributed by atoms with E-state index in [-0.39, 0.29) is 10.6 Å². The van der Waals surface area contributed by atoms with Crippen molar-refractivity contribution in [3.63, 3.8) is 0 Å². The fraction of sp³-hybridized carbons (Fsp3) is 0.278. The summed E-state index contributed by atoms with van der Waals surface area (Å²) < 4.78 is 0. The molecule has 1 aliphatic heterocycles. The lowest BCUT2D eigenvalue weighted by atomic mass is 9.95. The number of halogens is 1. The molecule has 1 aliphatic rings. The summed E-state index contributed by atoms with van der Waals surface area (Å²) in [5, 5.41) is 11.7. The first kappa shape index (κ1) is 15.9. The number of fused-ring (bicyclic) bond motifs is 1. The van der Waals surface area contributed by atoms with Gasteiger partial charge in [-0.15, -0.1) is 0 Å². The van der Waals surface area contributed by atoms with E-state index in [1.165, 1.54) is 6.07 Å². The largest absolute Gasteiger partial charge is 0.366 e. The van der Waals surface area contributed by atoms with Gasteiger partial charge in [0.05, 0.1) is 16.0 Å². The number of H-pyrrole nitrogens is 1. The first-order valence-electron chi connectivity index (χ1n) is 8.25. The van der Waals surface area contributed by atoms with E-state index in [2.05, 4.69) is 9.88 Å². The molecule has 0 unspecified atom stereocenters. The first-order chi connectivity index (χ1) is 12.1. The minimum atomic E-state index is -0.369. The molecular weight excluding hydrogens is 340 g/mol. The minimum absolute atomic E-state index is 0.0645. The van der Waals surface area contributed by atoms with Crippen molar-refractivity contribution in [1.82, 2.24) is 9.97 Å². The second-order valence-electron chi connectivity index (χ2n) is 6.29. The van der Waals surface area contributed by atoms with Crippen LogP contribution in [0.25, 0.3) is 11.0 Å². The molecule has 3 aromatic rings. The van der Waals surface area contributed by atoms with Crippen molar-refractivity contribution in [1.29, 1.82) is 0 Å².